The van der Waals surface area contributed by atoms with E-state index in [2.05, 4.69) is 4.98 Å². The molecular weight excluding hydrogens is 429 g/mol. The van der Waals surface area contributed by atoms with Gasteiger partial charge in [-0.05, 0) is 19.1 Å². The predicted molar refractivity (Wildman–Crippen MR) is 120 cm³/mol. The van der Waals surface area contributed by atoms with Gasteiger partial charge in [-0.2, -0.15) is 0 Å². The second kappa shape index (κ2) is 10.7. The summed E-state index contributed by atoms with van der Waals surface area (Å²) < 4.78 is 25.4. The van der Waals surface area contributed by atoms with E-state index in [1.807, 2.05) is 6.92 Å². The standard InChI is InChI=1S/C24H30FN3O5/c1-15-11-28(16(2)13-29)24(31)19-9-17(18-7-5-6-8-20(18)25)10-26-23(19)33-21(15)12-27(3)22(30)14-32-4/h5-10,15-16,21,29H,11-14H2,1-4H3/t15-,16+,21+/m0/s1. The number of hydrogen-bond donors (Lipinski definition) is 1. The third-order valence-corrected chi connectivity index (χ3v) is 5.85. The summed E-state index contributed by atoms with van der Waals surface area (Å²) in [6.45, 7) is 3.97. The lowest BCUT2D eigenvalue weighted by Crippen LogP contribution is -2.50. The topological polar surface area (TPSA) is 92.2 Å². The zero-order valence-electron chi connectivity index (χ0n) is 19.3. The molecule has 178 valence electrons. The number of methoxy groups -OCH3 is 1. The van der Waals surface area contributed by atoms with Gasteiger partial charge in [-0.25, -0.2) is 9.37 Å². The second-order valence-corrected chi connectivity index (χ2v) is 8.39. The van der Waals surface area contributed by atoms with Crippen LogP contribution < -0.4 is 4.74 Å². The number of ether oxygens (including phenoxy) is 2. The van der Waals surface area contributed by atoms with Crippen molar-refractivity contribution < 1.29 is 28.6 Å². The summed E-state index contributed by atoms with van der Waals surface area (Å²) in [6, 6.07) is 7.37. The molecule has 1 aliphatic rings. The van der Waals surface area contributed by atoms with Gasteiger partial charge in [-0.15, -0.1) is 0 Å². The van der Waals surface area contributed by atoms with Crippen molar-refractivity contribution in [1.29, 1.82) is 0 Å². The molecule has 9 heteroatoms. The minimum atomic E-state index is -0.470. The number of carbonyl (C=O) groups is 2. The molecule has 0 spiro atoms. The Kier molecular flexibility index (Phi) is 7.99. The number of aliphatic hydroxyl groups excluding tert-OH is 1. The van der Waals surface area contributed by atoms with Crippen molar-refractivity contribution >= 4 is 11.8 Å². The van der Waals surface area contributed by atoms with E-state index in [0.717, 1.165) is 0 Å². The van der Waals surface area contributed by atoms with Gasteiger partial charge in [0.2, 0.25) is 11.8 Å². The third-order valence-electron chi connectivity index (χ3n) is 5.85. The third kappa shape index (κ3) is 5.48. The van der Waals surface area contributed by atoms with Crippen LogP contribution in [0.4, 0.5) is 4.39 Å². The van der Waals surface area contributed by atoms with Gasteiger partial charge in [0.25, 0.3) is 5.91 Å². The largest absolute Gasteiger partial charge is 0.472 e. The molecule has 0 saturated carbocycles. The number of rotatable bonds is 7. The number of benzene rings is 1. The summed E-state index contributed by atoms with van der Waals surface area (Å²) in [5, 5.41) is 9.76. The molecule has 3 rings (SSSR count). The maximum atomic E-state index is 14.4. The summed E-state index contributed by atoms with van der Waals surface area (Å²) in [5.41, 5.74) is 0.941. The average molecular weight is 460 g/mol. The molecule has 0 radical (unpaired) electrons. The van der Waals surface area contributed by atoms with E-state index >= 15 is 0 Å². The maximum Gasteiger partial charge on any atom is 0.259 e. The molecule has 0 aliphatic carbocycles. The minimum absolute atomic E-state index is 0.0510. The van der Waals surface area contributed by atoms with Crippen molar-refractivity contribution in [2.75, 3.05) is 40.5 Å². The zero-order valence-corrected chi connectivity index (χ0v) is 19.3. The van der Waals surface area contributed by atoms with Crippen LogP contribution in [0.25, 0.3) is 11.1 Å². The second-order valence-electron chi connectivity index (χ2n) is 8.39. The van der Waals surface area contributed by atoms with Crippen molar-refractivity contribution in [1.82, 2.24) is 14.8 Å². The highest BCUT2D eigenvalue weighted by molar-refractivity contribution is 5.98. The van der Waals surface area contributed by atoms with Crippen LogP contribution in [0.15, 0.2) is 36.5 Å². The summed E-state index contributed by atoms with van der Waals surface area (Å²) in [4.78, 5) is 33.1. The highest BCUT2D eigenvalue weighted by Crippen LogP contribution is 2.31. The highest BCUT2D eigenvalue weighted by atomic mass is 19.1. The normalized spacial score (nSPS) is 19.2. The van der Waals surface area contributed by atoms with Crippen LogP contribution in [-0.4, -0.2) is 84.3 Å². The van der Waals surface area contributed by atoms with E-state index in [1.165, 1.54) is 24.3 Å². The first kappa shape index (κ1) is 24.6. The Bertz CT molecular complexity index is 1000. The highest BCUT2D eigenvalue weighted by Gasteiger charge is 2.34. The molecule has 1 aromatic heterocycles. The Balaban J connectivity index is 2.02. The number of amides is 2. The van der Waals surface area contributed by atoms with Gasteiger partial charge in [-0.3, -0.25) is 9.59 Å². The lowest BCUT2D eigenvalue weighted by molar-refractivity contribution is -0.135. The summed E-state index contributed by atoms with van der Waals surface area (Å²) in [5.74, 6) is -1.04. The molecule has 8 nitrogen and oxygen atoms in total. The number of aliphatic hydroxyl groups is 1. The van der Waals surface area contributed by atoms with Crippen molar-refractivity contribution in [3.05, 3.63) is 47.9 Å². The lowest BCUT2D eigenvalue weighted by Gasteiger charge is -2.37. The molecule has 2 aromatic rings. The van der Waals surface area contributed by atoms with Crippen molar-refractivity contribution in [2.24, 2.45) is 5.92 Å². The van der Waals surface area contributed by atoms with E-state index in [-0.39, 0.29) is 48.9 Å². The fourth-order valence-corrected chi connectivity index (χ4v) is 3.77. The van der Waals surface area contributed by atoms with Crippen LogP contribution in [0, 0.1) is 11.7 Å². The molecule has 1 aliphatic heterocycles. The van der Waals surface area contributed by atoms with Crippen molar-refractivity contribution in [2.45, 2.75) is 26.0 Å². The monoisotopic (exact) mass is 459 g/mol. The molecule has 2 heterocycles. The lowest BCUT2D eigenvalue weighted by atomic mass is 9.99. The van der Waals surface area contributed by atoms with Gasteiger partial charge in [0.05, 0.1) is 19.2 Å². The van der Waals surface area contributed by atoms with E-state index in [9.17, 15) is 19.1 Å². The Hall–Kier alpha value is -3.04. The fraction of sp³-hybridized carbons (Fsp3) is 0.458. The van der Waals surface area contributed by atoms with Crippen LogP contribution in [0.5, 0.6) is 5.88 Å². The molecule has 0 bridgehead atoms. The van der Waals surface area contributed by atoms with Crippen LogP contribution in [0.3, 0.4) is 0 Å². The number of carbonyl (C=O) groups excluding carboxylic acids is 2. The molecule has 3 atom stereocenters. The summed E-state index contributed by atoms with van der Waals surface area (Å²) in [7, 11) is 3.11. The number of fused-ring (bicyclic) bond motifs is 1. The number of halogens is 1. The summed E-state index contributed by atoms with van der Waals surface area (Å²) in [6.07, 6.45) is 0.996. The first-order valence-corrected chi connectivity index (χ1v) is 10.8. The van der Waals surface area contributed by atoms with Gasteiger partial charge in [0.15, 0.2) is 0 Å². The van der Waals surface area contributed by atoms with Crippen LogP contribution in [0.2, 0.25) is 0 Å². The Morgan fingerprint density at radius 3 is 2.79 bits per heavy atom. The average Bonchev–Trinajstić information content (AvgIpc) is 2.81. The van der Waals surface area contributed by atoms with Gasteiger partial charge in [0, 0.05) is 43.9 Å². The number of aromatic nitrogens is 1. The Morgan fingerprint density at radius 1 is 1.39 bits per heavy atom. The number of hydrogen-bond acceptors (Lipinski definition) is 6. The maximum absolute atomic E-state index is 14.4. The van der Waals surface area contributed by atoms with E-state index in [0.29, 0.717) is 17.7 Å². The van der Waals surface area contributed by atoms with Crippen LogP contribution in [-0.2, 0) is 9.53 Å². The first-order valence-electron chi connectivity index (χ1n) is 10.8. The minimum Gasteiger partial charge on any atom is -0.472 e. The number of likely N-dealkylation sites (N-methyl/N-ethyl adjacent to an activating group) is 1. The smallest absolute Gasteiger partial charge is 0.259 e. The molecule has 1 aromatic carbocycles. The molecule has 0 fully saturated rings. The van der Waals surface area contributed by atoms with E-state index in [1.54, 1.807) is 43.1 Å². The molecule has 1 N–H and O–H groups in total. The number of pyridine rings is 1. The number of nitrogens with zero attached hydrogens (tertiary/aromatic N) is 3. The van der Waals surface area contributed by atoms with Crippen LogP contribution >= 0.6 is 0 Å². The molecular formula is C24H30FN3O5. The van der Waals surface area contributed by atoms with Crippen molar-refractivity contribution in [3.63, 3.8) is 0 Å². The van der Waals surface area contributed by atoms with Crippen molar-refractivity contribution in [3.8, 4) is 17.0 Å². The molecule has 33 heavy (non-hydrogen) atoms. The van der Waals surface area contributed by atoms with Gasteiger partial charge >= 0.3 is 0 Å². The first-order chi connectivity index (χ1) is 15.8. The van der Waals surface area contributed by atoms with Gasteiger partial charge in [0.1, 0.15) is 24.1 Å². The fourth-order valence-electron chi connectivity index (χ4n) is 3.77. The van der Waals surface area contributed by atoms with Gasteiger partial charge in [-0.1, -0.05) is 25.1 Å². The summed E-state index contributed by atoms with van der Waals surface area (Å²) >= 11 is 0. The Labute approximate surface area is 192 Å². The zero-order chi connectivity index (χ0) is 24.1. The Morgan fingerprint density at radius 2 is 2.12 bits per heavy atom. The quantitative estimate of drug-likeness (QED) is 0.683. The van der Waals surface area contributed by atoms with Crippen LogP contribution in [0.1, 0.15) is 24.2 Å². The van der Waals surface area contributed by atoms with E-state index in [4.69, 9.17) is 9.47 Å². The SMILES string of the molecule is COCC(=O)N(C)C[C@H]1Oc2ncc(-c3ccccc3F)cc2C(=O)N([C@H](C)CO)C[C@@H]1C. The molecule has 0 unspecified atom stereocenters. The van der Waals surface area contributed by atoms with Gasteiger partial charge < -0.3 is 24.4 Å². The van der Waals surface area contributed by atoms with E-state index < -0.39 is 18.0 Å². The molecule has 0 saturated heterocycles. The molecule has 2 amide bonds. The predicted octanol–water partition coefficient (Wildman–Crippen LogP) is 2.21.